The van der Waals surface area contributed by atoms with E-state index in [1.54, 1.807) is 11.8 Å². The van der Waals surface area contributed by atoms with Gasteiger partial charge in [-0.3, -0.25) is 4.40 Å². The molecule has 1 aliphatic carbocycles. The second kappa shape index (κ2) is 8.81. The third kappa shape index (κ3) is 5.03. The van der Waals surface area contributed by atoms with E-state index >= 15 is 0 Å². The summed E-state index contributed by atoms with van der Waals surface area (Å²) < 4.78 is 99.2. The first-order valence-electron chi connectivity index (χ1n) is 11.5. The van der Waals surface area contributed by atoms with Crippen molar-refractivity contribution in [1.82, 2.24) is 29.6 Å². The molecule has 16 heteroatoms. The highest BCUT2D eigenvalue weighted by Crippen LogP contribution is 2.42. The number of aromatic nitrogens is 4. The number of nitrogens with one attached hydrogen (secondary N) is 2. The van der Waals surface area contributed by atoms with Crippen molar-refractivity contribution in [1.29, 1.82) is 0 Å². The number of halogens is 5. The van der Waals surface area contributed by atoms with Gasteiger partial charge < -0.3 is 10.2 Å². The zero-order valence-electron chi connectivity index (χ0n) is 20.0. The van der Waals surface area contributed by atoms with Gasteiger partial charge in [0.1, 0.15) is 10.6 Å². The predicted octanol–water partition coefficient (Wildman–Crippen LogP) is 3.83. The van der Waals surface area contributed by atoms with Crippen LogP contribution < -0.4 is 14.9 Å². The molecule has 1 saturated heterocycles. The summed E-state index contributed by atoms with van der Waals surface area (Å²) >= 11 is 0.298. The minimum Gasteiger partial charge on any atom is -0.365 e. The van der Waals surface area contributed by atoms with Crippen molar-refractivity contribution in [2.24, 2.45) is 0 Å². The van der Waals surface area contributed by atoms with Crippen molar-refractivity contribution in [3.8, 4) is 10.7 Å². The second-order valence-corrected chi connectivity index (χ2v) is 12.5. The number of piperazine rings is 1. The van der Waals surface area contributed by atoms with E-state index in [1.807, 2.05) is 13.8 Å². The lowest BCUT2D eigenvalue weighted by molar-refractivity contribution is -0.140. The summed E-state index contributed by atoms with van der Waals surface area (Å²) in [5, 5.41) is 9.02. The van der Waals surface area contributed by atoms with Crippen LogP contribution in [-0.2, 0) is 16.2 Å². The van der Waals surface area contributed by atoms with Gasteiger partial charge in [0.2, 0.25) is 10.0 Å². The molecule has 202 valence electrons. The number of imidazole rings is 1. The van der Waals surface area contributed by atoms with E-state index in [2.05, 4.69) is 25.2 Å². The summed E-state index contributed by atoms with van der Waals surface area (Å²) in [5.41, 5.74) is -2.61. The smallest absolute Gasteiger partial charge is 0.365 e. The summed E-state index contributed by atoms with van der Waals surface area (Å²) in [7, 11) is -4.14. The summed E-state index contributed by atoms with van der Waals surface area (Å²) in [6, 6.07) is 1.23. The third-order valence-electron chi connectivity index (χ3n) is 6.36. The Bertz CT molecular complexity index is 1440. The Morgan fingerprint density at radius 2 is 1.84 bits per heavy atom. The van der Waals surface area contributed by atoms with E-state index in [0.717, 1.165) is 10.6 Å². The molecule has 0 radical (unpaired) electrons. The molecule has 0 amide bonds. The third-order valence-corrected chi connectivity index (χ3v) is 8.91. The van der Waals surface area contributed by atoms with E-state index in [1.165, 1.54) is 6.07 Å². The van der Waals surface area contributed by atoms with Gasteiger partial charge in [-0.05, 0) is 39.7 Å². The molecular formula is C21H24F5N7O2S2. The molecule has 1 saturated carbocycles. The summed E-state index contributed by atoms with van der Waals surface area (Å²) in [6.07, 6.45) is -5.71. The van der Waals surface area contributed by atoms with E-state index in [-0.39, 0.29) is 28.3 Å². The van der Waals surface area contributed by atoms with Gasteiger partial charge in [-0.1, -0.05) is 11.3 Å². The molecule has 2 N–H and O–H groups in total. The monoisotopic (exact) mass is 565 g/mol. The van der Waals surface area contributed by atoms with Gasteiger partial charge in [0.15, 0.2) is 21.4 Å². The molecule has 2 atom stereocenters. The average molecular weight is 566 g/mol. The highest BCUT2D eigenvalue weighted by atomic mass is 32.2. The molecule has 2 fully saturated rings. The lowest BCUT2D eigenvalue weighted by Crippen LogP contribution is -2.54. The fraction of sp³-hybridized carbons (Fsp3) is 0.571. The molecule has 1 aliphatic heterocycles. The van der Waals surface area contributed by atoms with Gasteiger partial charge in [-0.2, -0.15) is 13.2 Å². The van der Waals surface area contributed by atoms with E-state index in [0.29, 0.717) is 37.3 Å². The molecule has 9 nitrogen and oxygen atoms in total. The number of pyridine rings is 1. The number of sulfonamides is 1. The number of rotatable bonds is 6. The minimum absolute atomic E-state index is 0.0409. The van der Waals surface area contributed by atoms with Crippen LogP contribution in [-0.4, -0.2) is 58.7 Å². The van der Waals surface area contributed by atoms with Gasteiger partial charge in [-0.15, -0.1) is 10.2 Å². The van der Waals surface area contributed by atoms with Gasteiger partial charge in [-0.25, -0.2) is 26.9 Å². The number of nitrogens with zero attached hydrogens (tertiary/aromatic N) is 5. The molecule has 0 spiro atoms. The van der Waals surface area contributed by atoms with Crippen LogP contribution in [0, 0.1) is 0 Å². The molecule has 3 aromatic rings. The predicted molar refractivity (Wildman–Crippen MR) is 126 cm³/mol. The molecule has 0 unspecified atom stereocenters. The van der Waals surface area contributed by atoms with Gasteiger partial charge >= 0.3 is 6.18 Å². The van der Waals surface area contributed by atoms with Crippen molar-refractivity contribution in [2.45, 2.75) is 68.7 Å². The molecule has 3 aromatic heterocycles. The molecule has 0 aromatic carbocycles. The fourth-order valence-electron chi connectivity index (χ4n) is 4.50. The molecule has 37 heavy (non-hydrogen) atoms. The van der Waals surface area contributed by atoms with Crippen molar-refractivity contribution in [2.75, 3.05) is 18.0 Å². The van der Waals surface area contributed by atoms with Crippen LogP contribution in [0.15, 0.2) is 17.2 Å². The molecule has 2 aliphatic rings. The van der Waals surface area contributed by atoms with Crippen LogP contribution in [0.3, 0.4) is 0 Å². The van der Waals surface area contributed by atoms with E-state index in [4.69, 9.17) is 0 Å². The maximum absolute atomic E-state index is 14.2. The topological polar surface area (TPSA) is 105 Å². The number of anilines is 1. The van der Waals surface area contributed by atoms with Crippen molar-refractivity contribution in [3.05, 3.63) is 23.0 Å². The molecule has 5 rings (SSSR count). The van der Waals surface area contributed by atoms with Gasteiger partial charge in [0.25, 0.3) is 6.43 Å². The quantitative estimate of drug-likeness (QED) is 0.438. The Morgan fingerprint density at radius 1 is 1.19 bits per heavy atom. The SMILES string of the molecule is C[C@H]1CN(c2cc(S(=O)(=O)NC3(C)CC3)cn3c(-c4nnc(C(F)F)s4)c(C(F)(F)F)nc23)C[C@H](C)N1. The van der Waals surface area contributed by atoms with Crippen LogP contribution in [0.25, 0.3) is 16.3 Å². The number of alkyl halides is 5. The van der Waals surface area contributed by atoms with Crippen LogP contribution >= 0.6 is 11.3 Å². The first-order valence-corrected chi connectivity index (χ1v) is 13.8. The Balaban J connectivity index is 1.79. The van der Waals surface area contributed by atoms with Crippen LogP contribution in [0.1, 0.15) is 50.7 Å². The maximum atomic E-state index is 14.2. The lowest BCUT2D eigenvalue weighted by atomic mass is 10.1. The van der Waals surface area contributed by atoms with Crippen molar-refractivity contribution in [3.63, 3.8) is 0 Å². The Hall–Kier alpha value is -2.43. The lowest BCUT2D eigenvalue weighted by Gasteiger charge is -2.37. The van der Waals surface area contributed by atoms with E-state index in [9.17, 15) is 30.4 Å². The zero-order valence-corrected chi connectivity index (χ0v) is 21.6. The van der Waals surface area contributed by atoms with Crippen LogP contribution in [0.5, 0.6) is 0 Å². The van der Waals surface area contributed by atoms with Crippen LogP contribution in [0.2, 0.25) is 0 Å². The van der Waals surface area contributed by atoms with Gasteiger partial charge in [0, 0.05) is 36.9 Å². The number of hydrogen-bond donors (Lipinski definition) is 2. The number of hydrogen-bond acceptors (Lipinski definition) is 8. The first-order chi connectivity index (χ1) is 17.2. The average Bonchev–Trinajstić information content (AvgIpc) is 3.18. The summed E-state index contributed by atoms with van der Waals surface area (Å²) in [6.45, 7) is 6.31. The summed E-state index contributed by atoms with van der Waals surface area (Å²) in [5.74, 6) is 0. The zero-order chi connectivity index (χ0) is 26.9. The van der Waals surface area contributed by atoms with Crippen LogP contribution in [0.4, 0.5) is 27.6 Å². The normalized spacial score (nSPS) is 22.2. The highest BCUT2D eigenvalue weighted by molar-refractivity contribution is 7.89. The molecule has 0 bridgehead atoms. The largest absolute Gasteiger partial charge is 0.435 e. The minimum atomic E-state index is -4.97. The Labute approximate surface area is 213 Å². The fourth-order valence-corrected chi connectivity index (χ4v) is 6.72. The first kappa shape index (κ1) is 26.2. The number of fused-ring (bicyclic) bond motifs is 1. The Kier molecular flexibility index (Phi) is 6.24. The molecular weight excluding hydrogens is 541 g/mol. The molecule has 4 heterocycles. The van der Waals surface area contributed by atoms with Crippen molar-refractivity contribution < 1.29 is 30.4 Å². The Morgan fingerprint density at radius 3 is 2.38 bits per heavy atom. The maximum Gasteiger partial charge on any atom is 0.435 e. The van der Waals surface area contributed by atoms with Gasteiger partial charge in [0.05, 0.1) is 5.69 Å². The highest BCUT2D eigenvalue weighted by Gasteiger charge is 2.43. The second-order valence-electron chi connectivity index (χ2n) is 9.85. The van der Waals surface area contributed by atoms with Crippen molar-refractivity contribution >= 4 is 32.7 Å². The van der Waals surface area contributed by atoms with E-state index < -0.39 is 49.6 Å². The standard InChI is InChI=1S/C21H24F5N7O2S2/c1-10-7-32(8-11(2)27-10)13-6-12(37(34,35)31-20(3)4-5-20)9-33-14(15(21(24,25)26)28-17(13)33)18-29-30-19(36-18)16(22)23/h6,9-11,16,27,31H,4-5,7-8H2,1-3H3/t10-,11-/m0/s1. The summed E-state index contributed by atoms with van der Waals surface area (Å²) in [4.78, 5) is 5.37.